The molecular weight excluding hydrogens is 418 g/mol. The Hall–Kier alpha value is -4.45. The summed E-state index contributed by atoms with van der Waals surface area (Å²) in [5, 5.41) is 20.3. The predicted molar refractivity (Wildman–Crippen MR) is 123 cm³/mol. The largest absolute Gasteiger partial charge is 0.355 e. The van der Waals surface area contributed by atoms with E-state index in [1.165, 1.54) is 6.20 Å². The molecule has 0 saturated heterocycles. The minimum atomic E-state index is -0.289. The van der Waals surface area contributed by atoms with E-state index in [0.717, 1.165) is 24.0 Å². The van der Waals surface area contributed by atoms with Crippen molar-refractivity contribution in [3.8, 4) is 28.5 Å². The number of aromatic amines is 1. The summed E-state index contributed by atoms with van der Waals surface area (Å²) in [6, 6.07) is 9.72. The summed E-state index contributed by atoms with van der Waals surface area (Å²) in [6.07, 6.45) is 6.76. The number of fused-ring (bicyclic) bond motifs is 1. The number of nitriles is 1. The van der Waals surface area contributed by atoms with Crippen molar-refractivity contribution >= 4 is 28.5 Å². The number of carbonyl (C=O) groups excluding carboxylic acids is 2. The number of amides is 2. The van der Waals surface area contributed by atoms with Gasteiger partial charge in [0.15, 0.2) is 5.82 Å². The third-order valence-corrected chi connectivity index (χ3v) is 5.81. The van der Waals surface area contributed by atoms with Crippen LogP contribution < -0.4 is 10.6 Å². The Balaban J connectivity index is 1.68. The van der Waals surface area contributed by atoms with Crippen LogP contribution in [0, 0.1) is 17.2 Å². The fourth-order valence-corrected chi connectivity index (χ4v) is 3.93. The fourth-order valence-electron chi connectivity index (χ4n) is 3.93. The molecule has 0 aliphatic heterocycles. The molecule has 4 aromatic rings. The summed E-state index contributed by atoms with van der Waals surface area (Å²) in [5.41, 5.74) is 4.31. The van der Waals surface area contributed by atoms with Crippen LogP contribution in [0.1, 0.15) is 28.8 Å². The maximum absolute atomic E-state index is 12.5. The Morgan fingerprint density at radius 3 is 2.70 bits per heavy atom. The molecule has 33 heavy (non-hydrogen) atoms. The van der Waals surface area contributed by atoms with Gasteiger partial charge in [-0.1, -0.05) is 18.2 Å². The molecule has 5 rings (SSSR count). The first kappa shape index (κ1) is 20.5. The molecule has 1 fully saturated rings. The van der Waals surface area contributed by atoms with E-state index in [-0.39, 0.29) is 17.7 Å². The molecule has 164 valence electrons. The molecule has 0 unspecified atom stereocenters. The fraction of sp³-hybridized carbons (Fsp3) is 0.208. The molecular formula is C24H21N7O2. The van der Waals surface area contributed by atoms with Crippen LogP contribution in [0.2, 0.25) is 0 Å². The molecule has 1 aliphatic rings. The number of rotatable bonds is 5. The Labute approximate surface area is 189 Å². The van der Waals surface area contributed by atoms with Crippen molar-refractivity contribution in [3.63, 3.8) is 0 Å². The van der Waals surface area contributed by atoms with Gasteiger partial charge in [0.1, 0.15) is 6.07 Å². The van der Waals surface area contributed by atoms with E-state index in [9.17, 15) is 14.9 Å². The van der Waals surface area contributed by atoms with E-state index >= 15 is 0 Å². The number of H-pyrrole nitrogens is 1. The lowest BCUT2D eigenvalue weighted by Crippen LogP contribution is -2.19. The number of anilines is 1. The molecule has 1 saturated carbocycles. The van der Waals surface area contributed by atoms with Gasteiger partial charge in [0.2, 0.25) is 5.91 Å². The van der Waals surface area contributed by atoms with Crippen LogP contribution in [0.5, 0.6) is 0 Å². The first-order valence-corrected chi connectivity index (χ1v) is 10.6. The quantitative estimate of drug-likeness (QED) is 0.440. The normalized spacial score (nSPS) is 13.0. The third-order valence-electron chi connectivity index (χ3n) is 5.81. The average Bonchev–Trinajstić information content (AvgIpc) is 3.44. The molecule has 0 atom stereocenters. The van der Waals surface area contributed by atoms with Crippen LogP contribution in [-0.4, -0.2) is 38.6 Å². The van der Waals surface area contributed by atoms with Gasteiger partial charge in [-0.15, -0.1) is 0 Å². The van der Waals surface area contributed by atoms with Crippen molar-refractivity contribution < 1.29 is 9.59 Å². The Kier molecular flexibility index (Phi) is 4.90. The minimum absolute atomic E-state index is 0.0104. The van der Waals surface area contributed by atoms with Gasteiger partial charge in [0, 0.05) is 60.2 Å². The van der Waals surface area contributed by atoms with Gasteiger partial charge < -0.3 is 15.6 Å². The van der Waals surface area contributed by atoms with Crippen LogP contribution in [0.25, 0.3) is 33.3 Å². The van der Waals surface area contributed by atoms with E-state index < -0.39 is 0 Å². The monoisotopic (exact) mass is 439 g/mol. The summed E-state index contributed by atoms with van der Waals surface area (Å²) in [6.45, 7) is 0. The average molecular weight is 439 g/mol. The second kappa shape index (κ2) is 7.91. The first-order chi connectivity index (χ1) is 16.0. The molecule has 0 bridgehead atoms. The second-order valence-electron chi connectivity index (χ2n) is 8.08. The lowest BCUT2D eigenvalue weighted by atomic mass is 9.96. The number of hydrogen-bond acceptors (Lipinski definition) is 5. The highest BCUT2D eigenvalue weighted by Gasteiger charge is 2.30. The standard InChI is InChI=1S/C24H21N7O2/c1-26-24(33)19-11-27-22(30-23(32)13-6-7-13)21-17(19)8-20(29-21)16-5-3-4-15(18(16)9-25)14-10-28-31(2)12-14/h3-5,8,10-13,29H,6-7H2,1-2H3,(H,26,33)(H,27,30,32). The highest BCUT2D eigenvalue weighted by atomic mass is 16.2. The number of pyridine rings is 1. The van der Waals surface area contributed by atoms with Crippen molar-refractivity contribution in [3.05, 3.63) is 54.0 Å². The van der Waals surface area contributed by atoms with Gasteiger partial charge in [0.05, 0.1) is 22.8 Å². The summed E-state index contributed by atoms with van der Waals surface area (Å²) in [5.74, 6) is 0.00523. The van der Waals surface area contributed by atoms with Gasteiger partial charge >= 0.3 is 0 Å². The lowest BCUT2D eigenvalue weighted by Gasteiger charge is -2.08. The SMILES string of the molecule is CNC(=O)c1cnc(NC(=O)C2CC2)c2[nH]c(-c3cccc(-c4cnn(C)c4)c3C#N)cc12. The van der Waals surface area contributed by atoms with Crippen LogP contribution in [-0.2, 0) is 11.8 Å². The lowest BCUT2D eigenvalue weighted by molar-refractivity contribution is -0.117. The minimum Gasteiger partial charge on any atom is -0.355 e. The van der Waals surface area contributed by atoms with Gasteiger partial charge in [-0.2, -0.15) is 10.4 Å². The number of hydrogen-bond donors (Lipinski definition) is 3. The third kappa shape index (κ3) is 3.61. The van der Waals surface area contributed by atoms with Crippen LogP contribution in [0.3, 0.4) is 0 Å². The number of nitrogens with zero attached hydrogens (tertiary/aromatic N) is 4. The number of aromatic nitrogens is 4. The summed E-state index contributed by atoms with van der Waals surface area (Å²) in [4.78, 5) is 32.5. The molecule has 0 spiro atoms. The zero-order valence-electron chi connectivity index (χ0n) is 18.1. The first-order valence-electron chi connectivity index (χ1n) is 10.6. The molecule has 1 aromatic carbocycles. The molecule has 3 aromatic heterocycles. The van der Waals surface area contributed by atoms with Crippen molar-refractivity contribution in [1.82, 2.24) is 25.1 Å². The highest BCUT2D eigenvalue weighted by Crippen LogP contribution is 2.36. The number of carbonyl (C=O) groups is 2. The second-order valence-corrected chi connectivity index (χ2v) is 8.08. The molecule has 1 aliphatic carbocycles. The maximum Gasteiger partial charge on any atom is 0.253 e. The van der Waals surface area contributed by atoms with Crippen molar-refractivity contribution in [1.29, 1.82) is 5.26 Å². The Bertz CT molecular complexity index is 1450. The summed E-state index contributed by atoms with van der Waals surface area (Å²) < 4.78 is 1.68. The van der Waals surface area contributed by atoms with Crippen LogP contribution in [0.15, 0.2) is 42.9 Å². The Morgan fingerprint density at radius 2 is 2.03 bits per heavy atom. The zero-order valence-corrected chi connectivity index (χ0v) is 18.1. The van der Waals surface area contributed by atoms with Crippen molar-refractivity contribution in [2.75, 3.05) is 12.4 Å². The zero-order chi connectivity index (χ0) is 23.1. The van der Waals surface area contributed by atoms with E-state index in [4.69, 9.17) is 0 Å². The number of benzene rings is 1. The van der Waals surface area contributed by atoms with E-state index in [1.807, 2.05) is 37.5 Å². The molecule has 2 amide bonds. The van der Waals surface area contributed by atoms with Gasteiger partial charge in [-0.25, -0.2) is 4.98 Å². The number of aryl methyl sites for hydroxylation is 1. The molecule has 0 radical (unpaired) electrons. The molecule has 3 heterocycles. The van der Waals surface area contributed by atoms with Crippen LogP contribution in [0.4, 0.5) is 5.82 Å². The highest BCUT2D eigenvalue weighted by molar-refractivity contribution is 6.11. The van der Waals surface area contributed by atoms with E-state index in [1.54, 1.807) is 17.9 Å². The maximum atomic E-state index is 12.5. The topological polar surface area (TPSA) is 128 Å². The predicted octanol–water partition coefficient (Wildman–Crippen LogP) is 3.21. The van der Waals surface area contributed by atoms with Crippen molar-refractivity contribution in [2.45, 2.75) is 12.8 Å². The number of nitrogens with one attached hydrogen (secondary N) is 3. The van der Waals surface area contributed by atoms with Crippen LogP contribution >= 0.6 is 0 Å². The van der Waals surface area contributed by atoms with E-state index in [0.29, 0.717) is 39.1 Å². The molecule has 9 nitrogen and oxygen atoms in total. The van der Waals surface area contributed by atoms with Gasteiger partial charge in [-0.05, 0) is 18.9 Å². The van der Waals surface area contributed by atoms with Crippen molar-refractivity contribution in [2.24, 2.45) is 13.0 Å². The van der Waals surface area contributed by atoms with Gasteiger partial charge in [0.25, 0.3) is 5.91 Å². The Morgan fingerprint density at radius 1 is 1.24 bits per heavy atom. The summed E-state index contributed by atoms with van der Waals surface area (Å²) >= 11 is 0. The smallest absolute Gasteiger partial charge is 0.253 e. The molecule has 3 N–H and O–H groups in total. The summed E-state index contributed by atoms with van der Waals surface area (Å²) in [7, 11) is 3.37. The molecule has 9 heteroatoms. The van der Waals surface area contributed by atoms with Gasteiger partial charge in [-0.3, -0.25) is 14.3 Å². The van der Waals surface area contributed by atoms with E-state index in [2.05, 4.69) is 31.8 Å².